The van der Waals surface area contributed by atoms with Crippen molar-refractivity contribution in [3.63, 3.8) is 0 Å². The fourth-order valence-corrected chi connectivity index (χ4v) is 3.39. The molecule has 0 spiro atoms. The van der Waals surface area contributed by atoms with E-state index in [4.69, 9.17) is 15.5 Å². The smallest absolute Gasteiger partial charge is 0.124 e. The van der Waals surface area contributed by atoms with Gasteiger partial charge in [-0.05, 0) is 43.7 Å². The standard InChI is InChI=1S/C19H20N2OS/c1-3-22-17-10-8-15(9-11-17)18-13(2)23-19(21-18)16-6-4-14(12-20)5-7-16/h4-11H,3,12,20H2,1-2H3. The third kappa shape index (κ3) is 3.44. The first kappa shape index (κ1) is 15.7. The van der Waals surface area contributed by atoms with Crippen molar-refractivity contribution < 1.29 is 4.74 Å². The summed E-state index contributed by atoms with van der Waals surface area (Å²) < 4.78 is 5.50. The Labute approximate surface area is 140 Å². The highest BCUT2D eigenvalue weighted by Gasteiger charge is 2.11. The monoisotopic (exact) mass is 324 g/mol. The molecule has 0 fully saturated rings. The molecule has 0 saturated carbocycles. The van der Waals surface area contributed by atoms with Crippen molar-refractivity contribution >= 4 is 11.3 Å². The third-order valence-corrected chi connectivity index (χ3v) is 4.69. The molecule has 0 saturated heterocycles. The molecule has 3 nitrogen and oxygen atoms in total. The average Bonchev–Trinajstić information content (AvgIpc) is 2.98. The summed E-state index contributed by atoms with van der Waals surface area (Å²) in [7, 11) is 0. The van der Waals surface area contributed by atoms with Gasteiger partial charge in [-0.1, -0.05) is 24.3 Å². The Morgan fingerprint density at radius 3 is 2.26 bits per heavy atom. The van der Waals surface area contributed by atoms with Gasteiger partial charge < -0.3 is 10.5 Å². The zero-order valence-electron chi connectivity index (χ0n) is 13.4. The number of benzene rings is 2. The summed E-state index contributed by atoms with van der Waals surface area (Å²) in [5.74, 6) is 0.890. The molecule has 2 N–H and O–H groups in total. The van der Waals surface area contributed by atoms with Gasteiger partial charge in [0.15, 0.2) is 0 Å². The van der Waals surface area contributed by atoms with Crippen LogP contribution in [-0.2, 0) is 6.54 Å². The van der Waals surface area contributed by atoms with Crippen molar-refractivity contribution in [2.75, 3.05) is 6.61 Å². The molecule has 2 aromatic carbocycles. The molecule has 118 valence electrons. The lowest BCUT2D eigenvalue weighted by atomic mass is 10.1. The maximum atomic E-state index is 5.65. The van der Waals surface area contributed by atoms with E-state index in [9.17, 15) is 0 Å². The molecule has 0 aliphatic rings. The highest BCUT2D eigenvalue weighted by Crippen LogP contribution is 2.33. The van der Waals surface area contributed by atoms with Gasteiger partial charge in [-0.15, -0.1) is 11.3 Å². The molecule has 1 heterocycles. The number of thiazole rings is 1. The van der Waals surface area contributed by atoms with Gasteiger partial charge in [0, 0.05) is 22.5 Å². The van der Waals surface area contributed by atoms with E-state index in [2.05, 4.69) is 43.3 Å². The summed E-state index contributed by atoms with van der Waals surface area (Å²) in [6.45, 7) is 5.34. The normalized spacial score (nSPS) is 10.7. The molecular weight excluding hydrogens is 304 g/mol. The molecule has 4 heteroatoms. The lowest BCUT2D eigenvalue weighted by Crippen LogP contribution is -1.95. The zero-order chi connectivity index (χ0) is 16.2. The molecular formula is C19H20N2OS. The number of ether oxygens (including phenoxy) is 1. The Kier molecular flexibility index (Phi) is 4.74. The Bertz CT molecular complexity index is 776. The minimum absolute atomic E-state index is 0.564. The molecule has 0 aliphatic carbocycles. The van der Waals surface area contributed by atoms with E-state index in [1.165, 1.54) is 4.88 Å². The van der Waals surface area contributed by atoms with Crippen molar-refractivity contribution in [1.82, 2.24) is 4.98 Å². The maximum Gasteiger partial charge on any atom is 0.124 e. The maximum absolute atomic E-state index is 5.65. The van der Waals surface area contributed by atoms with Gasteiger partial charge in [-0.2, -0.15) is 0 Å². The van der Waals surface area contributed by atoms with E-state index in [-0.39, 0.29) is 0 Å². The van der Waals surface area contributed by atoms with E-state index in [1.807, 2.05) is 19.1 Å². The summed E-state index contributed by atoms with van der Waals surface area (Å²) in [5.41, 5.74) is 10.1. The van der Waals surface area contributed by atoms with Crippen LogP contribution in [0.4, 0.5) is 0 Å². The quantitative estimate of drug-likeness (QED) is 0.743. The van der Waals surface area contributed by atoms with Crippen LogP contribution in [0, 0.1) is 6.92 Å². The Morgan fingerprint density at radius 2 is 1.65 bits per heavy atom. The number of rotatable bonds is 5. The topological polar surface area (TPSA) is 48.1 Å². The molecule has 0 atom stereocenters. The molecule has 0 amide bonds. The average molecular weight is 324 g/mol. The van der Waals surface area contributed by atoms with Crippen molar-refractivity contribution in [3.05, 3.63) is 59.0 Å². The molecule has 23 heavy (non-hydrogen) atoms. The number of nitrogens with two attached hydrogens (primary N) is 1. The first-order valence-corrected chi connectivity index (χ1v) is 8.53. The minimum atomic E-state index is 0.564. The number of hydrogen-bond acceptors (Lipinski definition) is 4. The van der Waals surface area contributed by atoms with E-state index in [1.54, 1.807) is 11.3 Å². The largest absolute Gasteiger partial charge is 0.494 e. The third-order valence-electron chi connectivity index (χ3n) is 3.67. The Balaban J connectivity index is 1.90. The van der Waals surface area contributed by atoms with Gasteiger partial charge in [0.05, 0.1) is 12.3 Å². The van der Waals surface area contributed by atoms with Crippen LogP contribution < -0.4 is 10.5 Å². The Morgan fingerprint density at radius 1 is 1.00 bits per heavy atom. The van der Waals surface area contributed by atoms with Crippen LogP contribution in [0.2, 0.25) is 0 Å². The second kappa shape index (κ2) is 6.94. The van der Waals surface area contributed by atoms with Crippen LogP contribution in [0.5, 0.6) is 5.75 Å². The summed E-state index contributed by atoms with van der Waals surface area (Å²) in [6.07, 6.45) is 0. The molecule has 0 radical (unpaired) electrons. The number of aromatic nitrogens is 1. The SMILES string of the molecule is CCOc1ccc(-c2nc(-c3ccc(CN)cc3)sc2C)cc1. The zero-order valence-corrected chi connectivity index (χ0v) is 14.2. The van der Waals surface area contributed by atoms with Crippen LogP contribution in [0.15, 0.2) is 48.5 Å². The lowest BCUT2D eigenvalue weighted by Gasteiger charge is -2.04. The first-order valence-electron chi connectivity index (χ1n) is 7.71. The van der Waals surface area contributed by atoms with Gasteiger partial charge in [0.2, 0.25) is 0 Å². The van der Waals surface area contributed by atoms with Gasteiger partial charge >= 0.3 is 0 Å². The fraction of sp³-hybridized carbons (Fsp3) is 0.211. The number of nitrogens with zero attached hydrogens (tertiary/aromatic N) is 1. The summed E-state index contributed by atoms with van der Waals surface area (Å²) in [4.78, 5) is 6.04. The van der Waals surface area contributed by atoms with Crippen molar-refractivity contribution in [1.29, 1.82) is 0 Å². The van der Waals surface area contributed by atoms with Gasteiger partial charge in [0.1, 0.15) is 10.8 Å². The summed E-state index contributed by atoms with van der Waals surface area (Å²) >= 11 is 1.72. The predicted molar refractivity (Wildman–Crippen MR) is 96.8 cm³/mol. The van der Waals surface area contributed by atoms with Crippen LogP contribution >= 0.6 is 11.3 Å². The van der Waals surface area contributed by atoms with Crippen LogP contribution in [-0.4, -0.2) is 11.6 Å². The number of aryl methyl sites for hydroxylation is 1. The van der Waals surface area contributed by atoms with Crippen LogP contribution in [0.1, 0.15) is 17.4 Å². The molecule has 3 rings (SSSR count). The van der Waals surface area contributed by atoms with Crippen molar-refractivity contribution in [2.45, 2.75) is 20.4 Å². The second-order valence-corrected chi connectivity index (χ2v) is 6.49. The van der Waals surface area contributed by atoms with Gasteiger partial charge in [-0.25, -0.2) is 4.98 Å². The highest BCUT2D eigenvalue weighted by atomic mass is 32.1. The second-order valence-electron chi connectivity index (χ2n) is 5.28. The van der Waals surface area contributed by atoms with Gasteiger partial charge in [0.25, 0.3) is 0 Å². The van der Waals surface area contributed by atoms with E-state index in [0.717, 1.165) is 33.1 Å². The fourth-order valence-electron chi connectivity index (χ4n) is 2.45. The molecule has 0 unspecified atom stereocenters. The first-order chi connectivity index (χ1) is 11.2. The predicted octanol–water partition coefficient (Wildman–Crippen LogP) is 4.64. The minimum Gasteiger partial charge on any atom is -0.494 e. The number of hydrogen-bond donors (Lipinski definition) is 1. The van der Waals surface area contributed by atoms with E-state index >= 15 is 0 Å². The van der Waals surface area contributed by atoms with Crippen molar-refractivity contribution in [3.8, 4) is 27.6 Å². The molecule has 0 aliphatic heterocycles. The molecule has 1 aromatic heterocycles. The molecule has 0 bridgehead atoms. The van der Waals surface area contributed by atoms with Gasteiger partial charge in [-0.3, -0.25) is 0 Å². The van der Waals surface area contributed by atoms with Crippen LogP contribution in [0.25, 0.3) is 21.8 Å². The lowest BCUT2D eigenvalue weighted by molar-refractivity contribution is 0.340. The Hall–Kier alpha value is -2.17. The summed E-state index contributed by atoms with van der Waals surface area (Å²) in [5, 5.41) is 1.04. The summed E-state index contributed by atoms with van der Waals surface area (Å²) in [6, 6.07) is 16.4. The molecule has 3 aromatic rings. The highest BCUT2D eigenvalue weighted by molar-refractivity contribution is 7.15. The van der Waals surface area contributed by atoms with Crippen molar-refractivity contribution in [2.24, 2.45) is 5.73 Å². The van der Waals surface area contributed by atoms with E-state index in [0.29, 0.717) is 13.2 Å². The van der Waals surface area contributed by atoms with Crippen LogP contribution in [0.3, 0.4) is 0 Å². The van der Waals surface area contributed by atoms with E-state index < -0.39 is 0 Å².